The molecule has 1 aromatic rings. The largest absolute Gasteiger partial charge is 0.462 e. The number of aliphatic hydroxyl groups is 4. The van der Waals surface area contributed by atoms with Crippen LogP contribution in [0.15, 0.2) is 24.3 Å². The van der Waals surface area contributed by atoms with Crippen LogP contribution in [0.2, 0.25) is 0 Å². The molecule has 7 nitrogen and oxygen atoms in total. The summed E-state index contributed by atoms with van der Waals surface area (Å²) in [6, 6.07) is 6.17. The number of aliphatic hydroxyl groups excluding tert-OH is 4. The van der Waals surface area contributed by atoms with Crippen molar-refractivity contribution in [2.24, 2.45) is 0 Å². The van der Waals surface area contributed by atoms with E-state index in [1.54, 1.807) is 12.1 Å². The summed E-state index contributed by atoms with van der Waals surface area (Å²) in [7, 11) is 0. The third kappa shape index (κ3) is 3.39. The molecule has 0 radical (unpaired) electrons. The lowest BCUT2D eigenvalue weighted by Gasteiger charge is -2.39. The zero-order chi connectivity index (χ0) is 15.6. The van der Waals surface area contributed by atoms with Crippen molar-refractivity contribution in [2.75, 3.05) is 6.61 Å². The zero-order valence-electron chi connectivity index (χ0n) is 11.4. The quantitative estimate of drug-likeness (QED) is 0.530. The average molecular weight is 298 g/mol. The molecule has 1 fully saturated rings. The SMILES string of the molecule is CC(=O)c1ccc(O[C@@H]2O[C@@H](CO)[C@H](O)[C@@H](O)[C@@H]2O)cc1. The number of carbonyl (C=O) groups excluding carboxylic acids is 1. The van der Waals surface area contributed by atoms with Crippen LogP contribution in [0, 0.1) is 0 Å². The van der Waals surface area contributed by atoms with Gasteiger partial charge in [0.2, 0.25) is 6.29 Å². The van der Waals surface area contributed by atoms with Crippen molar-refractivity contribution in [3.63, 3.8) is 0 Å². The zero-order valence-corrected chi connectivity index (χ0v) is 11.4. The molecule has 5 atom stereocenters. The molecule has 0 spiro atoms. The van der Waals surface area contributed by atoms with Crippen LogP contribution in [-0.4, -0.2) is 63.5 Å². The molecule has 0 aliphatic carbocycles. The van der Waals surface area contributed by atoms with Crippen LogP contribution in [0.4, 0.5) is 0 Å². The molecule has 7 heteroatoms. The number of rotatable bonds is 4. The van der Waals surface area contributed by atoms with Gasteiger partial charge in [0.25, 0.3) is 0 Å². The summed E-state index contributed by atoms with van der Waals surface area (Å²) < 4.78 is 10.6. The first-order valence-corrected chi connectivity index (χ1v) is 6.52. The van der Waals surface area contributed by atoms with Crippen LogP contribution in [0.25, 0.3) is 0 Å². The molecule has 1 aromatic carbocycles. The summed E-state index contributed by atoms with van der Waals surface area (Å²) in [4.78, 5) is 11.2. The Balaban J connectivity index is 2.08. The van der Waals surface area contributed by atoms with Crippen LogP contribution < -0.4 is 4.74 Å². The van der Waals surface area contributed by atoms with E-state index in [9.17, 15) is 20.1 Å². The second-order valence-corrected chi connectivity index (χ2v) is 4.90. The number of ketones is 1. The fourth-order valence-corrected chi connectivity index (χ4v) is 2.07. The van der Waals surface area contributed by atoms with Crippen LogP contribution in [0.3, 0.4) is 0 Å². The normalized spacial score (nSPS) is 32.7. The second kappa shape index (κ2) is 6.50. The van der Waals surface area contributed by atoms with E-state index in [4.69, 9.17) is 14.6 Å². The van der Waals surface area contributed by atoms with Crippen LogP contribution >= 0.6 is 0 Å². The van der Waals surface area contributed by atoms with Crippen molar-refractivity contribution >= 4 is 5.78 Å². The molecule has 0 saturated carbocycles. The molecule has 1 aliphatic rings. The number of hydrogen-bond acceptors (Lipinski definition) is 7. The maximum Gasteiger partial charge on any atom is 0.229 e. The Bertz CT molecular complexity index is 485. The summed E-state index contributed by atoms with van der Waals surface area (Å²) in [5.74, 6) is 0.235. The number of Topliss-reactive ketones (excluding diaryl/α,β-unsaturated/α-hetero) is 1. The van der Waals surface area contributed by atoms with Crippen molar-refractivity contribution in [1.82, 2.24) is 0 Å². The summed E-state index contributed by atoms with van der Waals surface area (Å²) in [5.41, 5.74) is 0.510. The van der Waals surface area contributed by atoms with Gasteiger partial charge in [-0.3, -0.25) is 4.79 Å². The highest BCUT2D eigenvalue weighted by molar-refractivity contribution is 5.94. The Kier molecular flexibility index (Phi) is 4.92. The molecular formula is C14H18O7. The fourth-order valence-electron chi connectivity index (χ4n) is 2.07. The van der Waals surface area contributed by atoms with E-state index in [0.717, 1.165) is 0 Å². The van der Waals surface area contributed by atoms with Gasteiger partial charge in [0.1, 0.15) is 30.2 Å². The Morgan fingerprint density at radius 2 is 1.76 bits per heavy atom. The minimum Gasteiger partial charge on any atom is -0.462 e. The predicted molar refractivity (Wildman–Crippen MR) is 70.8 cm³/mol. The summed E-state index contributed by atoms with van der Waals surface area (Å²) in [6.07, 6.45) is -6.63. The van der Waals surface area contributed by atoms with Gasteiger partial charge in [0.15, 0.2) is 5.78 Å². The van der Waals surface area contributed by atoms with Crippen molar-refractivity contribution in [2.45, 2.75) is 37.6 Å². The number of carbonyl (C=O) groups is 1. The lowest BCUT2D eigenvalue weighted by atomic mass is 9.99. The molecule has 0 bridgehead atoms. The molecule has 1 heterocycles. The summed E-state index contributed by atoms with van der Waals surface area (Å²) in [5, 5.41) is 38.2. The molecule has 0 unspecified atom stereocenters. The van der Waals surface area contributed by atoms with E-state index in [2.05, 4.69) is 0 Å². The van der Waals surface area contributed by atoms with Crippen LogP contribution in [0.1, 0.15) is 17.3 Å². The standard InChI is InChI=1S/C14H18O7/c1-7(16)8-2-4-9(5-3-8)20-14-13(19)12(18)11(17)10(6-15)21-14/h2-5,10-15,17-19H,6H2,1H3/t10-,11-,12+,13-,14+/m0/s1. The lowest BCUT2D eigenvalue weighted by Crippen LogP contribution is -2.60. The summed E-state index contributed by atoms with van der Waals surface area (Å²) >= 11 is 0. The van der Waals surface area contributed by atoms with E-state index in [0.29, 0.717) is 11.3 Å². The molecule has 2 rings (SSSR count). The third-order valence-electron chi connectivity index (χ3n) is 3.36. The molecule has 1 aliphatic heterocycles. The van der Waals surface area contributed by atoms with Gasteiger partial charge in [-0.25, -0.2) is 0 Å². The molecule has 0 aromatic heterocycles. The van der Waals surface area contributed by atoms with Crippen LogP contribution in [-0.2, 0) is 4.74 Å². The number of ether oxygens (including phenoxy) is 2. The minimum absolute atomic E-state index is 0.0885. The summed E-state index contributed by atoms with van der Waals surface area (Å²) in [6.45, 7) is 0.918. The van der Waals surface area contributed by atoms with E-state index in [1.165, 1.54) is 19.1 Å². The van der Waals surface area contributed by atoms with Gasteiger partial charge in [0.05, 0.1) is 6.61 Å². The molecule has 4 N–H and O–H groups in total. The molecule has 21 heavy (non-hydrogen) atoms. The van der Waals surface area contributed by atoms with E-state index in [-0.39, 0.29) is 5.78 Å². The first-order valence-electron chi connectivity index (χ1n) is 6.52. The van der Waals surface area contributed by atoms with Gasteiger partial charge in [-0.1, -0.05) is 0 Å². The van der Waals surface area contributed by atoms with Gasteiger partial charge in [0, 0.05) is 5.56 Å². The average Bonchev–Trinajstić information content (AvgIpc) is 2.48. The van der Waals surface area contributed by atoms with Crippen molar-refractivity contribution in [1.29, 1.82) is 0 Å². The van der Waals surface area contributed by atoms with Crippen LogP contribution in [0.5, 0.6) is 5.75 Å². The maximum absolute atomic E-state index is 11.2. The highest BCUT2D eigenvalue weighted by Crippen LogP contribution is 2.24. The topological polar surface area (TPSA) is 116 Å². The van der Waals surface area contributed by atoms with Gasteiger partial charge in [-0.05, 0) is 31.2 Å². The molecular weight excluding hydrogens is 280 g/mol. The Labute approximate surface area is 121 Å². The van der Waals surface area contributed by atoms with Crippen molar-refractivity contribution in [3.8, 4) is 5.75 Å². The Hall–Kier alpha value is -1.51. The first kappa shape index (κ1) is 15.9. The number of benzene rings is 1. The first-order chi connectivity index (χ1) is 9.93. The Morgan fingerprint density at radius 1 is 1.14 bits per heavy atom. The second-order valence-electron chi connectivity index (χ2n) is 4.90. The van der Waals surface area contributed by atoms with E-state index >= 15 is 0 Å². The van der Waals surface area contributed by atoms with Gasteiger partial charge >= 0.3 is 0 Å². The highest BCUT2D eigenvalue weighted by Gasteiger charge is 2.44. The monoisotopic (exact) mass is 298 g/mol. The molecule has 116 valence electrons. The number of hydrogen-bond donors (Lipinski definition) is 4. The van der Waals surface area contributed by atoms with Gasteiger partial charge < -0.3 is 29.9 Å². The Morgan fingerprint density at radius 3 is 2.29 bits per heavy atom. The van der Waals surface area contributed by atoms with Gasteiger partial charge in [-0.15, -0.1) is 0 Å². The minimum atomic E-state index is -1.49. The van der Waals surface area contributed by atoms with Crippen molar-refractivity contribution in [3.05, 3.63) is 29.8 Å². The van der Waals surface area contributed by atoms with E-state index in [1.807, 2.05) is 0 Å². The maximum atomic E-state index is 11.2. The smallest absolute Gasteiger partial charge is 0.229 e. The van der Waals surface area contributed by atoms with E-state index < -0.39 is 37.3 Å². The predicted octanol–water partition coefficient (Wildman–Crippen LogP) is -0.932. The van der Waals surface area contributed by atoms with Gasteiger partial charge in [-0.2, -0.15) is 0 Å². The molecule has 1 saturated heterocycles. The van der Waals surface area contributed by atoms with Crippen molar-refractivity contribution < 1.29 is 34.7 Å². The lowest BCUT2D eigenvalue weighted by molar-refractivity contribution is -0.277. The third-order valence-corrected chi connectivity index (χ3v) is 3.36. The molecule has 0 amide bonds. The fraction of sp³-hybridized carbons (Fsp3) is 0.500. The highest BCUT2D eigenvalue weighted by atomic mass is 16.7.